The topological polar surface area (TPSA) is 99.3 Å². The zero-order valence-electron chi connectivity index (χ0n) is 17.2. The Morgan fingerprint density at radius 2 is 1.37 bits per heavy atom. The number of hydrogen-bond donors (Lipinski definition) is 4. The lowest BCUT2D eigenvalue weighted by molar-refractivity contribution is -0.117. The first-order valence-corrected chi connectivity index (χ1v) is 10.3. The van der Waals surface area contributed by atoms with Gasteiger partial charge in [0.1, 0.15) is 0 Å². The summed E-state index contributed by atoms with van der Waals surface area (Å²) in [5.41, 5.74) is 2.35. The van der Waals surface area contributed by atoms with Crippen molar-refractivity contribution in [3.8, 4) is 0 Å². The highest BCUT2D eigenvalue weighted by molar-refractivity contribution is 6.33. The Morgan fingerprint density at radius 3 is 2.00 bits per heavy atom. The lowest BCUT2D eigenvalue weighted by atomic mass is 10.2. The predicted molar refractivity (Wildman–Crippen MR) is 122 cm³/mol. The van der Waals surface area contributed by atoms with E-state index in [1.165, 1.54) is 0 Å². The summed E-state index contributed by atoms with van der Waals surface area (Å²) in [6, 6.07) is 12.1. The molecular weight excluding hydrogens is 404 g/mol. The fourth-order valence-electron chi connectivity index (χ4n) is 2.68. The molecule has 2 aromatic rings. The lowest BCUT2D eigenvalue weighted by Gasteiger charge is -2.12. The van der Waals surface area contributed by atoms with Crippen LogP contribution < -0.4 is 21.3 Å². The molecule has 4 N–H and O–H groups in total. The van der Waals surface area contributed by atoms with Gasteiger partial charge in [-0.25, -0.2) is 0 Å². The number of nitrogens with one attached hydrogen (secondary N) is 4. The first-order valence-electron chi connectivity index (χ1n) is 9.94. The first kappa shape index (κ1) is 23.2. The van der Waals surface area contributed by atoms with Gasteiger partial charge < -0.3 is 21.3 Å². The van der Waals surface area contributed by atoms with Gasteiger partial charge in [-0.1, -0.05) is 31.5 Å². The third-order valence-corrected chi connectivity index (χ3v) is 4.41. The molecule has 3 amide bonds. The van der Waals surface area contributed by atoms with E-state index in [1.807, 2.05) is 13.8 Å². The van der Waals surface area contributed by atoms with Crippen molar-refractivity contribution in [3.63, 3.8) is 0 Å². The molecule has 0 aliphatic rings. The summed E-state index contributed by atoms with van der Waals surface area (Å²) in [6.07, 6.45) is 2.40. The number of rotatable bonds is 10. The number of carbonyl (C=O) groups excluding carboxylic acids is 3. The molecule has 0 aromatic heterocycles. The molecule has 0 fully saturated rings. The summed E-state index contributed by atoms with van der Waals surface area (Å²) in [4.78, 5) is 35.8. The molecule has 8 heteroatoms. The van der Waals surface area contributed by atoms with E-state index in [2.05, 4.69) is 21.3 Å². The summed E-state index contributed by atoms with van der Waals surface area (Å²) in [5, 5.41) is 11.7. The van der Waals surface area contributed by atoms with Gasteiger partial charge in [0.15, 0.2) is 0 Å². The van der Waals surface area contributed by atoms with Gasteiger partial charge in [0.2, 0.25) is 17.7 Å². The van der Waals surface area contributed by atoms with Crippen LogP contribution in [-0.2, 0) is 14.4 Å². The van der Waals surface area contributed by atoms with Crippen molar-refractivity contribution in [1.82, 2.24) is 0 Å². The summed E-state index contributed by atoms with van der Waals surface area (Å²) in [5.74, 6) is -0.438. The SMILES string of the molecule is CCCC(=O)Nc1cccc(NCC(=O)Nc2cc(NC(=O)CCC)ccc2Cl)c1. The van der Waals surface area contributed by atoms with E-state index in [0.29, 0.717) is 40.6 Å². The molecule has 0 saturated heterocycles. The Balaban J connectivity index is 1.93. The maximum atomic E-state index is 12.3. The van der Waals surface area contributed by atoms with Gasteiger partial charge in [0, 0.05) is 29.9 Å². The fraction of sp³-hybridized carbons (Fsp3) is 0.318. The van der Waals surface area contributed by atoms with E-state index in [4.69, 9.17) is 11.6 Å². The fourth-order valence-corrected chi connectivity index (χ4v) is 2.85. The standard InChI is InChI=1S/C22H27ClN4O3/c1-3-6-20(28)25-16-9-5-8-15(12-16)24-14-22(30)27-19-13-17(10-11-18(19)23)26-21(29)7-4-2/h5,8-13,24H,3-4,6-7,14H2,1-2H3,(H,25,28)(H,26,29)(H,27,30). The number of halogens is 1. The monoisotopic (exact) mass is 430 g/mol. The molecule has 2 rings (SSSR count). The Labute approximate surface area is 181 Å². The molecule has 0 unspecified atom stereocenters. The number of anilines is 4. The van der Waals surface area contributed by atoms with Crippen LogP contribution in [0.3, 0.4) is 0 Å². The van der Waals surface area contributed by atoms with Crippen LogP contribution in [0.4, 0.5) is 22.7 Å². The van der Waals surface area contributed by atoms with Gasteiger partial charge >= 0.3 is 0 Å². The number of benzene rings is 2. The van der Waals surface area contributed by atoms with Crippen LogP contribution >= 0.6 is 11.6 Å². The van der Waals surface area contributed by atoms with E-state index < -0.39 is 0 Å². The van der Waals surface area contributed by atoms with Crippen molar-refractivity contribution in [2.24, 2.45) is 0 Å². The molecule has 0 bridgehead atoms. The Morgan fingerprint density at radius 1 is 0.767 bits per heavy atom. The Kier molecular flexibility index (Phi) is 9.15. The summed E-state index contributed by atoms with van der Waals surface area (Å²) in [6.45, 7) is 3.88. The maximum absolute atomic E-state index is 12.3. The van der Waals surface area contributed by atoms with E-state index in [9.17, 15) is 14.4 Å². The molecule has 0 saturated carbocycles. The predicted octanol–water partition coefficient (Wildman–Crippen LogP) is 4.87. The number of amides is 3. The minimum absolute atomic E-state index is 0.00904. The third kappa shape index (κ3) is 7.75. The van der Waals surface area contributed by atoms with Crippen molar-refractivity contribution in [2.75, 3.05) is 27.8 Å². The number of carbonyl (C=O) groups is 3. The smallest absolute Gasteiger partial charge is 0.243 e. The normalized spacial score (nSPS) is 10.2. The van der Waals surface area contributed by atoms with Crippen LogP contribution in [0, 0.1) is 0 Å². The van der Waals surface area contributed by atoms with E-state index in [1.54, 1.807) is 42.5 Å². The van der Waals surface area contributed by atoms with Gasteiger partial charge in [0.25, 0.3) is 0 Å². The minimum atomic E-state index is -0.297. The molecule has 0 heterocycles. The molecule has 0 radical (unpaired) electrons. The van der Waals surface area contributed by atoms with E-state index in [-0.39, 0.29) is 24.3 Å². The van der Waals surface area contributed by atoms with Gasteiger partial charge in [-0.3, -0.25) is 14.4 Å². The number of hydrogen-bond acceptors (Lipinski definition) is 4. The third-order valence-electron chi connectivity index (χ3n) is 4.08. The molecule has 30 heavy (non-hydrogen) atoms. The van der Waals surface area contributed by atoms with Crippen LogP contribution in [-0.4, -0.2) is 24.3 Å². The van der Waals surface area contributed by atoms with Gasteiger partial charge in [-0.2, -0.15) is 0 Å². The van der Waals surface area contributed by atoms with Crippen molar-refractivity contribution in [2.45, 2.75) is 39.5 Å². The van der Waals surface area contributed by atoms with Crippen LogP contribution in [0.25, 0.3) is 0 Å². The Hall–Kier alpha value is -3.06. The largest absolute Gasteiger partial charge is 0.376 e. The van der Waals surface area contributed by atoms with Crippen LogP contribution in [0.15, 0.2) is 42.5 Å². The zero-order valence-corrected chi connectivity index (χ0v) is 17.9. The average Bonchev–Trinajstić information content (AvgIpc) is 2.69. The van der Waals surface area contributed by atoms with Crippen molar-refractivity contribution in [3.05, 3.63) is 47.5 Å². The molecule has 0 spiro atoms. The second-order valence-electron chi connectivity index (χ2n) is 6.77. The molecule has 0 atom stereocenters. The Bertz CT molecular complexity index is 902. The highest BCUT2D eigenvalue weighted by atomic mass is 35.5. The van der Waals surface area contributed by atoms with Gasteiger partial charge in [0.05, 0.1) is 17.3 Å². The quantitative estimate of drug-likeness (QED) is 0.432. The maximum Gasteiger partial charge on any atom is 0.243 e. The second kappa shape index (κ2) is 11.8. The van der Waals surface area contributed by atoms with Crippen LogP contribution in [0.5, 0.6) is 0 Å². The van der Waals surface area contributed by atoms with E-state index in [0.717, 1.165) is 12.8 Å². The van der Waals surface area contributed by atoms with Gasteiger partial charge in [-0.05, 0) is 49.2 Å². The molecule has 0 aliphatic heterocycles. The molecule has 0 aliphatic carbocycles. The summed E-state index contributed by atoms with van der Waals surface area (Å²) >= 11 is 6.16. The summed E-state index contributed by atoms with van der Waals surface area (Å²) < 4.78 is 0. The molecule has 7 nitrogen and oxygen atoms in total. The van der Waals surface area contributed by atoms with Gasteiger partial charge in [-0.15, -0.1) is 0 Å². The average molecular weight is 431 g/mol. The van der Waals surface area contributed by atoms with Crippen molar-refractivity contribution < 1.29 is 14.4 Å². The van der Waals surface area contributed by atoms with E-state index >= 15 is 0 Å². The molecule has 2 aromatic carbocycles. The first-order chi connectivity index (χ1) is 14.4. The molecular formula is C22H27ClN4O3. The second-order valence-corrected chi connectivity index (χ2v) is 7.18. The molecule has 160 valence electrons. The van der Waals surface area contributed by atoms with Crippen molar-refractivity contribution in [1.29, 1.82) is 0 Å². The highest BCUT2D eigenvalue weighted by Crippen LogP contribution is 2.26. The highest BCUT2D eigenvalue weighted by Gasteiger charge is 2.09. The lowest BCUT2D eigenvalue weighted by Crippen LogP contribution is -2.22. The van der Waals surface area contributed by atoms with Crippen LogP contribution in [0.2, 0.25) is 5.02 Å². The summed E-state index contributed by atoms with van der Waals surface area (Å²) in [7, 11) is 0. The zero-order chi connectivity index (χ0) is 21.9. The minimum Gasteiger partial charge on any atom is -0.376 e. The van der Waals surface area contributed by atoms with Crippen LogP contribution in [0.1, 0.15) is 39.5 Å². The van der Waals surface area contributed by atoms with Crippen molar-refractivity contribution >= 4 is 52.1 Å².